The Morgan fingerprint density at radius 3 is 2.13 bits per heavy atom. The molecule has 1 heterocycles. The van der Waals surface area contributed by atoms with Gasteiger partial charge in [-0.2, -0.15) is 0 Å². The van der Waals surface area contributed by atoms with Crippen LogP contribution in [0, 0.1) is 0 Å². The van der Waals surface area contributed by atoms with Crippen LogP contribution in [0.2, 0.25) is 0 Å². The molecule has 0 spiro atoms. The maximum absolute atomic E-state index is 12.7. The number of nitrogens with zero attached hydrogens (tertiary/aromatic N) is 2. The second kappa shape index (κ2) is 8.18. The molecule has 156 valence electrons. The van der Waals surface area contributed by atoms with Gasteiger partial charge in [-0.3, -0.25) is 14.5 Å². The molecule has 7 nitrogen and oxygen atoms in total. The molecule has 4 rings (SSSR count). The summed E-state index contributed by atoms with van der Waals surface area (Å²) in [5, 5.41) is 9.21. The average molecular weight is 408 g/mol. The number of fused-ring (bicyclic) bond motifs is 3. The quantitative estimate of drug-likeness (QED) is 0.794. The van der Waals surface area contributed by atoms with Gasteiger partial charge in [0.25, 0.3) is 0 Å². The molecule has 0 aromatic heterocycles. The number of likely N-dealkylation sites (tertiary alicyclic amines) is 1. The van der Waals surface area contributed by atoms with Crippen LogP contribution < -0.4 is 0 Å². The molecule has 2 aromatic rings. The first-order valence-electron chi connectivity index (χ1n) is 10.1. The fourth-order valence-electron chi connectivity index (χ4n) is 4.13. The Hall–Kier alpha value is -3.35. The summed E-state index contributed by atoms with van der Waals surface area (Å²) in [5.74, 6) is -1.58. The first-order valence-corrected chi connectivity index (χ1v) is 10.1. The van der Waals surface area contributed by atoms with E-state index in [9.17, 15) is 19.5 Å². The minimum absolute atomic E-state index is 0.0984. The van der Waals surface area contributed by atoms with Gasteiger partial charge in [-0.25, -0.2) is 4.79 Å². The number of likely N-dealkylation sites (N-methyl/N-ethyl adjacent to an activating group) is 1. The van der Waals surface area contributed by atoms with Crippen molar-refractivity contribution in [3.63, 3.8) is 0 Å². The summed E-state index contributed by atoms with van der Waals surface area (Å²) in [6.07, 6.45) is -0.257. The van der Waals surface area contributed by atoms with Crippen LogP contribution in [0.1, 0.15) is 29.9 Å². The van der Waals surface area contributed by atoms with Crippen LogP contribution in [0.25, 0.3) is 11.1 Å². The average Bonchev–Trinajstić information content (AvgIpc) is 3.02. The standard InChI is InChI=1S/C23H24N2O5/c1-24(20(13-21(26)27)22(28)25-11-6-12-25)23(29)30-14-19-17-9-4-2-7-15(17)16-8-3-5-10-18(16)19/h2-5,7-10,19-20H,6,11-14H2,1H3,(H,26,27). The third kappa shape index (κ3) is 3.63. The molecule has 2 amide bonds. The van der Waals surface area contributed by atoms with Gasteiger partial charge in [-0.05, 0) is 28.7 Å². The summed E-state index contributed by atoms with van der Waals surface area (Å²) in [4.78, 5) is 39.3. The minimum atomic E-state index is -1.13. The Kier molecular flexibility index (Phi) is 5.44. The highest BCUT2D eigenvalue weighted by atomic mass is 16.6. The molecule has 0 bridgehead atoms. The lowest BCUT2D eigenvalue weighted by molar-refractivity contribution is -0.146. The van der Waals surface area contributed by atoms with E-state index in [-0.39, 0.29) is 18.4 Å². The van der Waals surface area contributed by atoms with Crippen LogP contribution in [0.5, 0.6) is 0 Å². The Morgan fingerprint density at radius 2 is 1.63 bits per heavy atom. The van der Waals surface area contributed by atoms with Gasteiger partial charge in [0, 0.05) is 26.1 Å². The van der Waals surface area contributed by atoms with Gasteiger partial charge in [0.05, 0.1) is 6.42 Å². The summed E-state index contributed by atoms with van der Waals surface area (Å²) >= 11 is 0. The molecule has 0 radical (unpaired) electrons. The number of amides is 2. The number of carbonyl (C=O) groups is 3. The fourth-order valence-corrected chi connectivity index (χ4v) is 4.13. The minimum Gasteiger partial charge on any atom is -0.481 e. The molecule has 2 aromatic carbocycles. The molecule has 1 unspecified atom stereocenters. The van der Waals surface area contributed by atoms with Gasteiger partial charge in [0.2, 0.25) is 5.91 Å². The van der Waals surface area contributed by atoms with E-state index in [4.69, 9.17) is 4.74 Å². The van der Waals surface area contributed by atoms with Crippen molar-refractivity contribution in [2.45, 2.75) is 24.8 Å². The van der Waals surface area contributed by atoms with E-state index in [0.29, 0.717) is 13.1 Å². The Balaban J connectivity index is 1.48. The van der Waals surface area contributed by atoms with E-state index in [0.717, 1.165) is 33.6 Å². The van der Waals surface area contributed by atoms with Crippen molar-refractivity contribution in [3.8, 4) is 11.1 Å². The van der Waals surface area contributed by atoms with Crippen LogP contribution in [0.15, 0.2) is 48.5 Å². The lowest BCUT2D eigenvalue weighted by Gasteiger charge is -2.36. The zero-order valence-electron chi connectivity index (χ0n) is 16.8. The Labute approximate surface area is 174 Å². The van der Waals surface area contributed by atoms with Gasteiger partial charge in [0.15, 0.2) is 0 Å². The molecule has 1 aliphatic heterocycles. The van der Waals surface area contributed by atoms with Crippen molar-refractivity contribution in [2.24, 2.45) is 0 Å². The van der Waals surface area contributed by atoms with Crippen molar-refractivity contribution in [3.05, 3.63) is 59.7 Å². The first-order chi connectivity index (χ1) is 14.5. The molecule has 30 heavy (non-hydrogen) atoms. The number of carboxylic acid groups (broad SMARTS) is 1. The molecule has 1 N–H and O–H groups in total. The summed E-state index contributed by atoms with van der Waals surface area (Å²) in [6.45, 7) is 1.30. The molecule has 1 aliphatic carbocycles. The van der Waals surface area contributed by atoms with Crippen molar-refractivity contribution < 1.29 is 24.2 Å². The van der Waals surface area contributed by atoms with Crippen molar-refractivity contribution >= 4 is 18.0 Å². The van der Waals surface area contributed by atoms with Crippen molar-refractivity contribution in [1.82, 2.24) is 9.80 Å². The summed E-state index contributed by atoms with van der Waals surface area (Å²) < 4.78 is 5.57. The van der Waals surface area contributed by atoms with E-state index in [1.807, 2.05) is 36.4 Å². The maximum Gasteiger partial charge on any atom is 0.410 e. The number of hydrogen-bond donors (Lipinski definition) is 1. The monoisotopic (exact) mass is 408 g/mol. The van der Waals surface area contributed by atoms with Crippen LogP contribution in [0.4, 0.5) is 4.79 Å². The fraction of sp³-hybridized carbons (Fsp3) is 0.348. The van der Waals surface area contributed by atoms with Gasteiger partial charge in [-0.1, -0.05) is 48.5 Å². The van der Waals surface area contributed by atoms with Crippen LogP contribution >= 0.6 is 0 Å². The Bertz CT molecular complexity index is 940. The topological polar surface area (TPSA) is 87.1 Å². The van der Waals surface area contributed by atoms with Gasteiger partial charge in [-0.15, -0.1) is 0 Å². The highest BCUT2D eigenvalue weighted by Gasteiger charge is 2.36. The third-order valence-electron chi connectivity index (χ3n) is 5.91. The maximum atomic E-state index is 12.7. The van der Waals surface area contributed by atoms with Crippen molar-refractivity contribution in [2.75, 3.05) is 26.7 Å². The van der Waals surface area contributed by atoms with Gasteiger partial charge >= 0.3 is 12.1 Å². The zero-order valence-corrected chi connectivity index (χ0v) is 16.8. The number of aliphatic carboxylic acids is 1. The smallest absolute Gasteiger partial charge is 0.410 e. The van der Waals surface area contributed by atoms with Crippen LogP contribution in [0.3, 0.4) is 0 Å². The summed E-state index contributed by atoms with van der Waals surface area (Å²) in [6, 6.07) is 15.0. The van der Waals surface area contributed by atoms with Crippen molar-refractivity contribution in [1.29, 1.82) is 0 Å². The SMILES string of the molecule is CN(C(=O)OCC1c2ccccc2-c2ccccc21)C(CC(=O)O)C(=O)N1CCC1. The Morgan fingerprint density at radius 1 is 1.07 bits per heavy atom. The molecular weight excluding hydrogens is 384 g/mol. The lowest BCUT2D eigenvalue weighted by Crippen LogP contribution is -2.54. The normalized spacial score (nSPS) is 15.6. The van der Waals surface area contributed by atoms with Gasteiger partial charge in [0.1, 0.15) is 12.6 Å². The molecule has 0 saturated carbocycles. The molecule has 7 heteroatoms. The predicted octanol–water partition coefficient (Wildman–Crippen LogP) is 2.94. The highest BCUT2D eigenvalue weighted by Crippen LogP contribution is 2.44. The second-order valence-electron chi connectivity index (χ2n) is 7.71. The number of ether oxygens (including phenoxy) is 1. The number of benzene rings is 2. The molecular formula is C23H24N2O5. The zero-order chi connectivity index (χ0) is 21.3. The predicted molar refractivity (Wildman–Crippen MR) is 110 cm³/mol. The molecule has 1 atom stereocenters. The summed E-state index contributed by atoms with van der Waals surface area (Å²) in [7, 11) is 1.42. The molecule has 1 fully saturated rings. The summed E-state index contributed by atoms with van der Waals surface area (Å²) in [5.41, 5.74) is 4.43. The largest absolute Gasteiger partial charge is 0.481 e. The third-order valence-corrected chi connectivity index (χ3v) is 5.91. The van der Waals surface area contributed by atoms with Crippen LogP contribution in [-0.2, 0) is 14.3 Å². The van der Waals surface area contributed by atoms with E-state index >= 15 is 0 Å². The number of rotatable bonds is 6. The van der Waals surface area contributed by atoms with E-state index in [1.165, 1.54) is 7.05 Å². The van der Waals surface area contributed by atoms with E-state index < -0.39 is 24.5 Å². The first kappa shape index (κ1) is 19.9. The van der Waals surface area contributed by atoms with E-state index in [2.05, 4.69) is 12.1 Å². The highest BCUT2D eigenvalue weighted by molar-refractivity contribution is 5.89. The van der Waals surface area contributed by atoms with Crippen LogP contribution in [-0.4, -0.2) is 65.7 Å². The van der Waals surface area contributed by atoms with E-state index in [1.54, 1.807) is 4.90 Å². The molecule has 2 aliphatic rings. The lowest BCUT2D eigenvalue weighted by atomic mass is 9.98. The number of carbonyl (C=O) groups excluding carboxylic acids is 2. The molecule has 1 saturated heterocycles. The number of hydrogen-bond acceptors (Lipinski definition) is 4. The number of carboxylic acids is 1. The van der Waals surface area contributed by atoms with Gasteiger partial charge < -0.3 is 14.7 Å². The second-order valence-corrected chi connectivity index (χ2v) is 7.71.